The van der Waals surface area contributed by atoms with Gasteiger partial charge in [-0.1, -0.05) is 29.8 Å². The molecule has 2 rings (SSSR count). The average molecular weight is 206 g/mol. The molecule has 14 heavy (non-hydrogen) atoms. The van der Waals surface area contributed by atoms with Crippen LogP contribution in [0.4, 0.5) is 0 Å². The average Bonchev–Trinajstić information content (AvgIpc) is 2.47. The highest BCUT2D eigenvalue weighted by Gasteiger charge is 2.01. The van der Waals surface area contributed by atoms with Gasteiger partial charge in [0.15, 0.2) is 0 Å². The molecule has 1 aromatic carbocycles. The Hall–Kier alpha value is -1.21. The van der Waals surface area contributed by atoms with Gasteiger partial charge in [-0.25, -0.2) is 0 Å². The number of nitrogens with zero attached hydrogens (tertiary/aromatic N) is 1. The minimum absolute atomic E-state index is 0.777. The molecule has 2 heteroatoms. The second kappa shape index (κ2) is 3.50. The van der Waals surface area contributed by atoms with Crippen molar-refractivity contribution in [2.45, 2.75) is 13.5 Å². The summed E-state index contributed by atoms with van der Waals surface area (Å²) < 4.78 is 2.16. The molecule has 0 unspecified atom stereocenters. The second-order valence-corrected chi connectivity index (χ2v) is 4.04. The number of benzene rings is 1. The van der Waals surface area contributed by atoms with E-state index >= 15 is 0 Å². The van der Waals surface area contributed by atoms with Crippen LogP contribution in [0.5, 0.6) is 0 Å². The number of fused-ring (bicyclic) bond motifs is 1. The van der Waals surface area contributed by atoms with Crippen molar-refractivity contribution >= 4 is 22.5 Å². The lowest BCUT2D eigenvalue weighted by Gasteiger charge is -2.04. The molecule has 2 aromatic rings. The van der Waals surface area contributed by atoms with Crippen molar-refractivity contribution in [3.8, 4) is 0 Å². The molecule has 0 saturated heterocycles. The molecule has 0 saturated carbocycles. The van der Waals surface area contributed by atoms with Crippen molar-refractivity contribution < 1.29 is 0 Å². The van der Waals surface area contributed by atoms with Gasteiger partial charge in [0.05, 0.1) is 0 Å². The Kier molecular flexibility index (Phi) is 2.34. The standard InChI is InChI=1S/C12H12ClN/c1-9(2)8-14-6-5-10-3-4-11(13)7-12(10)14/h3-7H,1,8H2,2H3. The first kappa shape index (κ1) is 9.35. The summed E-state index contributed by atoms with van der Waals surface area (Å²) in [5.41, 5.74) is 2.31. The molecule has 0 bridgehead atoms. The van der Waals surface area contributed by atoms with Crippen LogP contribution < -0.4 is 0 Å². The minimum Gasteiger partial charge on any atom is -0.343 e. The van der Waals surface area contributed by atoms with Crippen molar-refractivity contribution in [2.24, 2.45) is 0 Å². The van der Waals surface area contributed by atoms with E-state index in [4.69, 9.17) is 11.6 Å². The minimum atomic E-state index is 0.777. The van der Waals surface area contributed by atoms with Crippen molar-refractivity contribution in [3.63, 3.8) is 0 Å². The van der Waals surface area contributed by atoms with Crippen molar-refractivity contribution in [3.05, 3.63) is 47.6 Å². The summed E-state index contributed by atoms with van der Waals surface area (Å²) in [6.45, 7) is 6.78. The monoisotopic (exact) mass is 205 g/mol. The SMILES string of the molecule is C=C(C)Cn1ccc2ccc(Cl)cc21. The fourth-order valence-corrected chi connectivity index (χ4v) is 1.75. The molecule has 0 amide bonds. The molecule has 0 radical (unpaired) electrons. The van der Waals surface area contributed by atoms with Crippen LogP contribution in [0.3, 0.4) is 0 Å². The first-order chi connectivity index (χ1) is 6.66. The van der Waals surface area contributed by atoms with Crippen molar-refractivity contribution in [1.82, 2.24) is 4.57 Å². The van der Waals surface area contributed by atoms with Gasteiger partial charge in [-0.05, 0) is 30.5 Å². The van der Waals surface area contributed by atoms with Gasteiger partial charge in [0, 0.05) is 23.3 Å². The summed E-state index contributed by atoms with van der Waals surface area (Å²) in [5, 5.41) is 2.00. The molecular formula is C12H12ClN. The Morgan fingerprint density at radius 3 is 2.93 bits per heavy atom. The number of hydrogen-bond acceptors (Lipinski definition) is 0. The number of halogens is 1. The molecule has 0 aliphatic heterocycles. The molecule has 0 atom stereocenters. The molecule has 0 fully saturated rings. The quantitative estimate of drug-likeness (QED) is 0.656. The van der Waals surface area contributed by atoms with Gasteiger partial charge >= 0.3 is 0 Å². The Morgan fingerprint density at radius 1 is 1.43 bits per heavy atom. The van der Waals surface area contributed by atoms with Gasteiger partial charge in [0.2, 0.25) is 0 Å². The van der Waals surface area contributed by atoms with Gasteiger partial charge in [0.25, 0.3) is 0 Å². The van der Waals surface area contributed by atoms with Crippen LogP contribution in [0.1, 0.15) is 6.92 Å². The third-order valence-electron chi connectivity index (χ3n) is 2.18. The predicted octanol–water partition coefficient (Wildman–Crippen LogP) is 3.87. The number of hydrogen-bond donors (Lipinski definition) is 0. The Balaban J connectivity index is 2.55. The topological polar surface area (TPSA) is 4.93 Å². The highest BCUT2D eigenvalue weighted by molar-refractivity contribution is 6.31. The molecule has 1 aromatic heterocycles. The van der Waals surface area contributed by atoms with Gasteiger partial charge in [-0.2, -0.15) is 0 Å². The van der Waals surface area contributed by atoms with E-state index in [-0.39, 0.29) is 0 Å². The largest absolute Gasteiger partial charge is 0.343 e. The maximum Gasteiger partial charge on any atom is 0.0498 e. The highest BCUT2D eigenvalue weighted by Crippen LogP contribution is 2.20. The first-order valence-corrected chi connectivity index (χ1v) is 4.93. The third kappa shape index (κ3) is 1.68. The van der Waals surface area contributed by atoms with Crippen LogP contribution >= 0.6 is 11.6 Å². The highest BCUT2D eigenvalue weighted by atomic mass is 35.5. The molecule has 1 heterocycles. The summed E-state index contributed by atoms with van der Waals surface area (Å²) in [6.07, 6.45) is 2.07. The van der Waals surface area contributed by atoms with Gasteiger partial charge < -0.3 is 4.57 Å². The molecule has 0 aliphatic rings. The van der Waals surface area contributed by atoms with Crippen LogP contribution in [0.2, 0.25) is 5.02 Å². The summed E-state index contributed by atoms with van der Waals surface area (Å²) in [7, 11) is 0. The number of rotatable bonds is 2. The van der Waals surface area contributed by atoms with Crippen LogP contribution in [-0.4, -0.2) is 4.57 Å². The van der Waals surface area contributed by atoms with Gasteiger partial charge in [-0.3, -0.25) is 0 Å². The molecule has 1 nitrogen and oxygen atoms in total. The van der Waals surface area contributed by atoms with E-state index in [1.807, 2.05) is 25.1 Å². The van der Waals surface area contributed by atoms with Gasteiger partial charge in [-0.15, -0.1) is 0 Å². The maximum absolute atomic E-state index is 5.95. The fourth-order valence-electron chi connectivity index (χ4n) is 1.59. The Labute approximate surface area is 88.6 Å². The zero-order chi connectivity index (χ0) is 10.1. The van der Waals surface area contributed by atoms with E-state index in [0.29, 0.717) is 0 Å². The lowest BCUT2D eigenvalue weighted by Crippen LogP contribution is -1.95. The molecular weight excluding hydrogens is 194 g/mol. The smallest absolute Gasteiger partial charge is 0.0498 e. The van der Waals surface area contributed by atoms with Crippen LogP contribution in [-0.2, 0) is 6.54 Å². The Morgan fingerprint density at radius 2 is 2.21 bits per heavy atom. The predicted molar refractivity (Wildman–Crippen MR) is 61.8 cm³/mol. The van der Waals surface area contributed by atoms with Crippen molar-refractivity contribution in [1.29, 1.82) is 0 Å². The summed E-state index contributed by atoms with van der Waals surface area (Å²) in [5.74, 6) is 0. The fraction of sp³-hybridized carbons (Fsp3) is 0.167. The molecule has 72 valence electrons. The van der Waals surface area contributed by atoms with Gasteiger partial charge in [0.1, 0.15) is 0 Å². The number of aromatic nitrogens is 1. The lowest BCUT2D eigenvalue weighted by molar-refractivity contribution is 0.822. The summed E-state index contributed by atoms with van der Waals surface area (Å²) in [6, 6.07) is 8.02. The van der Waals surface area contributed by atoms with Crippen LogP contribution in [0.15, 0.2) is 42.6 Å². The van der Waals surface area contributed by atoms with Crippen LogP contribution in [0, 0.1) is 0 Å². The lowest BCUT2D eigenvalue weighted by atomic mass is 10.2. The van der Waals surface area contributed by atoms with E-state index in [1.165, 1.54) is 10.9 Å². The summed E-state index contributed by atoms with van der Waals surface area (Å²) in [4.78, 5) is 0. The Bertz CT molecular complexity index is 482. The molecule has 0 N–H and O–H groups in total. The zero-order valence-electron chi connectivity index (χ0n) is 8.13. The molecule has 0 spiro atoms. The van der Waals surface area contributed by atoms with Crippen molar-refractivity contribution in [2.75, 3.05) is 0 Å². The van der Waals surface area contributed by atoms with Crippen LogP contribution in [0.25, 0.3) is 10.9 Å². The third-order valence-corrected chi connectivity index (χ3v) is 2.41. The first-order valence-electron chi connectivity index (χ1n) is 4.55. The van der Waals surface area contributed by atoms with E-state index in [1.54, 1.807) is 0 Å². The van der Waals surface area contributed by atoms with E-state index in [9.17, 15) is 0 Å². The van der Waals surface area contributed by atoms with E-state index in [0.717, 1.165) is 17.1 Å². The summed E-state index contributed by atoms with van der Waals surface area (Å²) >= 11 is 5.95. The van der Waals surface area contributed by atoms with E-state index < -0.39 is 0 Å². The molecule has 0 aliphatic carbocycles. The zero-order valence-corrected chi connectivity index (χ0v) is 8.88. The number of allylic oxidation sites excluding steroid dienone is 1. The maximum atomic E-state index is 5.95. The van der Waals surface area contributed by atoms with E-state index in [2.05, 4.69) is 23.4 Å². The normalized spacial score (nSPS) is 10.7. The second-order valence-electron chi connectivity index (χ2n) is 3.60.